The minimum Gasteiger partial charge on any atom is -0.478 e. The molecule has 0 unspecified atom stereocenters. The lowest BCUT2D eigenvalue weighted by Crippen LogP contribution is -1.96. The van der Waals surface area contributed by atoms with E-state index in [1.807, 2.05) is 6.20 Å². The van der Waals surface area contributed by atoms with E-state index in [2.05, 4.69) is 17.2 Å². The Labute approximate surface area is 88.4 Å². The molecule has 1 rings (SSSR count). The van der Waals surface area contributed by atoms with Crippen LogP contribution in [0.15, 0.2) is 18.3 Å². The molecule has 0 aromatic carbocycles. The zero-order valence-electron chi connectivity index (χ0n) is 8.76. The van der Waals surface area contributed by atoms with Gasteiger partial charge in [-0.05, 0) is 19.3 Å². The van der Waals surface area contributed by atoms with E-state index in [0.717, 1.165) is 31.2 Å². The van der Waals surface area contributed by atoms with Crippen LogP contribution in [0.4, 0.5) is 0 Å². The van der Waals surface area contributed by atoms with E-state index in [4.69, 9.17) is 5.11 Å². The second kappa shape index (κ2) is 5.95. The van der Waals surface area contributed by atoms with Gasteiger partial charge in [-0.15, -0.1) is 5.10 Å². The van der Waals surface area contributed by atoms with Gasteiger partial charge in [0.25, 0.3) is 0 Å². The Morgan fingerprint density at radius 2 is 2.47 bits per heavy atom. The molecule has 1 aromatic heterocycles. The maximum atomic E-state index is 10.2. The number of allylic oxidation sites excluding steroid dienone is 1. The van der Waals surface area contributed by atoms with Gasteiger partial charge < -0.3 is 5.11 Å². The lowest BCUT2D eigenvalue weighted by Gasteiger charge is -1.92. The molecule has 1 N–H and O–H groups in total. The summed E-state index contributed by atoms with van der Waals surface area (Å²) in [5, 5.41) is 16.3. The molecule has 15 heavy (non-hydrogen) atoms. The molecule has 5 heteroatoms. The van der Waals surface area contributed by atoms with Crippen LogP contribution in [-0.2, 0) is 17.8 Å². The van der Waals surface area contributed by atoms with Gasteiger partial charge in [-0.1, -0.05) is 18.2 Å². The van der Waals surface area contributed by atoms with Gasteiger partial charge in [-0.3, -0.25) is 4.68 Å². The summed E-state index contributed by atoms with van der Waals surface area (Å²) in [6.45, 7) is 2.95. The Morgan fingerprint density at radius 3 is 3.13 bits per heavy atom. The van der Waals surface area contributed by atoms with Crippen molar-refractivity contribution < 1.29 is 9.90 Å². The Hall–Kier alpha value is -1.65. The highest BCUT2D eigenvalue weighted by Crippen LogP contribution is 1.99. The zero-order valence-corrected chi connectivity index (χ0v) is 8.76. The van der Waals surface area contributed by atoms with Crippen molar-refractivity contribution in [1.82, 2.24) is 15.0 Å². The molecule has 0 saturated carbocycles. The number of aryl methyl sites for hydroxylation is 2. The predicted octanol–water partition coefficient (Wildman–Crippen LogP) is 1.26. The molecule has 0 fully saturated rings. The lowest BCUT2D eigenvalue weighted by atomic mass is 10.2. The summed E-state index contributed by atoms with van der Waals surface area (Å²) in [6, 6.07) is 0. The minimum absolute atomic E-state index is 0.678. The minimum atomic E-state index is -0.912. The SMILES string of the molecule is CCCn1cc(CC/C=C/C(=O)O)nn1. The van der Waals surface area contributed by atoms with Crippen molar-refractivity contribution in [2.45, 2.75) is 32.7 Å². The van der Waals surface area contributed by atoms with Crippen LogP contribution in [-0.4, -0.2) is 26.1 Å². The van der Waals surface area contributed by atoms with E-state index < -0.39 is 5.97 Å². The number of carbonyl (C=O) groups is 1. The van der Waals surface area contributed by atoms with Crippen LogP contribution >= 0.6 is 0 Å². The van der Waals surface area contributed by atoms with E-state index in [1.165, 1.54) is 0 Å². The number of rotatable bonds is 6. The first-order chi connectivity index (χ1) is 7.22. The first-order valence-corrected chi connectivity index (χ1v) is 5.01. The number of carboxylic acids is 1. The third-order valence-corrected chi connectivity index (χ3v) is 1.87. The average Bonchev–Trinajstić information content (AvgIpc) is 2.61. The lowest BCUT2D eigenvalue weighted by molar-refractivity contribution is -0.131. The first-order valence-electron chi connectivity index (χ1n) is 5.01. The Morgan fingerprint density at radius 1 is 1.67 bits per heavy atom. The number of hydrogen-bond acceptors (Lipinski definition) is 3. The van der Waals surface area contributed by atoms with Gasteiger partial charge in [0.15, 0.2) is 0 Å². The highest BCUT2D eigenvalue weighted by atomic mass is 16.4. The fraction of sp³-hybridized carbons (Fsp3) is 0.500. The molecule has 0 spiro atoms. The van der Waals surface area contributed by atoms with Gasteiger partial charge in [0.05, 0.1) is 5.69 Å². The van der Waals surface area contributed by atoms with Crippen LogP contribution in [0.1, 0.15) is 25.5 Å². The second-order valence-electron chi connectivity index (χ2n) is 3.25. The fourth-order valence-corrected chi connectivity index (χ4v) is 1.21. The van der Waals surface area contributed by atoms with E-state index in [0.29, 0.717) is 6.42 Å². The molecule has 1 aromatic rings. The second-order valence-corrected chi connectivity index (χ2v) is 3.25. The van der Waals surface area contributed by atoms with Gasteiger partial charge in [0, 0.05) is 18.8 Å². The van der Waals surface area contributed by atoms with Crippen LogP contribution in [0.25, 0.3) is 0 Å². The maximum absolute atomic E-state index is 10.2. The predicted molar refractivity (Wildman–Crippen MR) is 55.4 cm³/mol. The fourth-order valence-electron chi connectivity index (χ4n) is 1.21. The average molecular weight is 209 g/mol. The summed E-state index contributed by atoms with van der Waals surface area (Å²) >= 11 is 0. The standard InChI is InChI=1S/C10H15N3O2/c1-2-7-13-8-9(11-12-13)5-3-4-6-10(14)15/h4,6,8H,2-3,5,7H2,1H3,(H,14,15)/b6-4+. The first kappa shape index (κ1) is 11.4. The molecular formula is C10H15N3O2. The quantitative estimate of drug-likeness (QED) is 0.716. The van der Waals surface area contributed by atoms with Crippen molar-refractivity contribution in [3.8, 4) is 0 Å². The molecule has 0 aliphatic heterocycles. The van der Waals surface area contributed by atoms with Crippen LogP contribution in [0.3, 0.4) is 0 Å². The Balaban J connectivity index is 2.34. The number of hydrogen-bond donors (Lipinski definition) is 1. The molecule has 0 aliphatic carbocycles. The van der Waals surface area contributed by atoms with Crippen molar-refractivity contribution >= 4 is 5.97 Å². The maximum Gasteiger partial charge on any atom is 0.327 e. The largest absolute Gasteiger partial charge is 0.478 e. The van der Waals surface area contributed by atoms with Gasteiger partial charge >= 0.3 is 5.97 Å². The zero-order chi connectivity index (χ0) is 11.1. The highest BCUT2D eigenvalue weighted by molar-refractivity contribution is 5.79. The van der Waals surface area contributed by atoms with Gasteiger partial charge in [0.1, 0.15) is 0 Å². The van der Waals surface area contributed by atoms with Crippen molar-refractivity contribution in [1.29, 1.82) is 0 Å². The van der Waals surface area contributed by atoms with E-state index >= 15 is 0 Å². The smallest absolute Gasteiger partial charge is 0.327 e. The van der Waals surface area contributed by atoms with Gasteiger partial charge in [-0.2, -0.15) is 0 Å². The Bertz CT molecular complexity index is 344. The topological polar surface area (TPSA) is 68.0 Å². The number of carboxylic acid groups (broad SMARTS) is 1. The molecule has 1 heterocycles. The molecule has 0 atom stereocenters. The van der Waals surface area contributed by atoms with Gasteiger partial charge in [0.2, 0.25) is 0 Å². The summed E-state index contributed by atoms with van der Waals surface area (Å²) in [4.78, 5) is 10.2. The van der Waals surface area contributed by atoms with Crippen LogP contribution in [0.2, 0.25) is 0 Å². The number of aliphatic carboxylic acids is 1. The van der Waals surface area contributed by atoms with Gasteiger partial charge in [-0.25, -0.2) is 4.79 Å². The molecule has 0 amide bonds. The van der Waals surface area contributed by atoms with Crippen LogP contribution < -0.4 is 0 Å². The van der Waals surface area contributed by atoms with Crippen LogP contribution in [0.5, 0.6) is 0 Å². The summed E-state index contributed by atoms with van der Waals surface area (Å²) in [5.74, 6) is -0.912. The molecule has 0 saturated heterocycles. The van der Waals surface area contributed by atoms with E-state index in [9.17, 15) is 4.79 Å². The normalized spacial score (nSPS) is 11.0. The van der Waals surface area contributed by atoms with Crippen LogP contribution in [0, 0.1) is 0 Å². The third kappa shape index (κ3) is 4.39. The molecule has 0 bridgehead atoms. The molecule has 82 valence electrons. The molecule has 0 radical (unpaired) electrons. The number of nitrogens with zero attached hydrogens (tertiary/aromatic N) is 3. The molecular weight excluding hydrogens is 194 g/mol. The summed E-state index contributed by atoms with van der Waals surface area (Å²) in [7, 11) is 0. The van der Waals surface area contributed by atoms with E-state index in [-0.39, 0.29) is 0 Å². The van der Waals surface area contributed by atoms with Crippen molar-refractivity contribution in [2.75, 3.05) is 0 Å². The third-order valence-electron chi connectivity index (χ3n) is 1.87. The van der Waals surface area contributed by atoms with Crippen molar-refractivity contribution in [2.24, 2.45) is 0 Å². The molecule has 5 nitrogen and oxygen atoms in total. The Kier molecular flexibility index (Phi) is 4.53. The van der Waals surface area contributed by atoms with Crippen molar-refractivity contribution in [3.05, 3.63) is 24.0 Å². The monoisotopic (exact) mass is 209 g/mol. The summed E-state index contributed by atoms with van der Waals surface area (Å²) in [6.07, 6.45) is 7.11. The summed E-state index contributed by atoms with van der Waals surface area (Å²) < 4.78 is 1.80. The van der Waals surface area contributed by atoms with E-state index in [1.54, 1.807) is 10.8 Å². The number of aromatic nitrogens is 3. The van der Waals surface area contributed by atoms with Crippen molar-refractivity contribution in [3.63, 3.8) is 0 Å². The molecule has 0 aliphatic rings. The summed E-state index contributed by atoms with van der Waals surface area (Å²) in [5.41, 5.74) is 0.901. The highest BCUT2D eigenvalue weighted by Gasteiger charge is 1.98.